The minimum atomic E-state index is -1.44. The standard InChI is InChI=1S/C19H22O8S/c20-7-14-16(22)17(23)18(24)19(27-14)28-10-12-6-13(21)15(9-25-12)26-8-11-4-2-1-3-5-11/h1-6,9,14,16-20,22-24H,7-8,10H2/t14-,16+,17+,18-,19+/m1/s1. The first-order valence-electron chi connectivity index (χ1n) is 8.70. The summed E-state index contributed by atoms with van der Waals surface area (Å²) in [4.78, 5) is 12.2. The van der Waals surface area contributed by atoms with Crippen LogP contribution in [-0.4, -0.2) is 56.9 Å². The maximum atomic E-state index is 12.2. The highest BCUT2D eigenvalue weighted by Crippen LogP contribution is 2.30. The van der Waals surface area contributed by atoms with Gasteiger partial charge in [0.2, 0.25) is 11.2 Å². The SMILES string of the molecule is O=c1cc(CS[C@@H]2O[C@H](CO)[C@H](O)[C@H](O)[C@H]2O)occ1OCc1ccccc1. The van der Waals surface area contributed by atoms with Crippen molar-refractivity contribution in [2.45, 2.75) is 42.2 Å². The predicted molar refractivity (Wildman–Crippen MR) is 101 cm³/mol. The Bertz CT molecular complexity index is 809. The summed E-state index contributed by atoms with van der Waals surface area (Å²) in [5.74, 6) is 0.598. The van der Waals surface area contributed by atoms with Crippen molar-refractivity contribution in [3.8, 4) is 5.75 Å². The molecule has 4 N–H and O–H groups in total. The number of rotatable bonds is 7. The number of aliphatic hydroxyl groups is 4. The fourth-order valence-corrected chi connectivity index (χ4v) is 3.78. The largest absolute Gasteiger partial charge is 0.482 e. The van der Waals surface area contributed by atoms with Gasteiger partial charge in [-0.15, -0.1) is 11.8 Å². The second-order valence-electron chi connectivity index (χ2n) is 6.36. The van der Waals surface area contributed by atoms with E-state index >= 15 is 0 Å². The molecule has 0 aliphatic carbocycles. The summed E-state index contributed by atoms with van der Waals surface area (Å²) < 4.78 is 16.3. The zero-order valence-electron chi connectivity index (χ0n) is 14.9. The number of hydrogen-bond donors (Lipinski definition) is 4. The molecule has 8 nitrogen and oxygen atoms in total. The van der Waals surface area contributed by atoms with Crippen LogP contribution in [0.2, 0.25) is 0 Å². The molecular weight excluding hydrogens is 388 g/mol. The van der Waals surface area contributed by atoms with Crippen molar-refractivity contribution in [1.82, 2.24) is 0 Å². The Morgan fingerprint density at radius 1 is 1.07 bits per heavy atom. The average Bonchev–Trinajstić information content (AvgIpc) is 2.71. The van der Waals surface area contributed by atoms with Crippen LogP contribution in [0.15, 0.2) is 51.9 Å². The van der Waals surface area contributed by atoms with Crippen molar-refractivity contribution in [1.29, 1.82) is 0 Å². The van der Waals surface area contributed by atoms with E-state index in [0.29, 0.717) is 5.76 Å². The van der Waals surface area contributed by atoms with Gasteiger partial charge >= 0.3 is 0 Å². The van der Waals surface area contributed by atoms with E-state index < -0.39 is 36.5 Å². The first-order chi connectivity index (χ1) is 13.5. The maximum Gasteiger partial charge on any atom is 0.227 e. The highest BCUT2D eigenvalue weighted by molar-refractivity contribution is 7.99. The van der Waals surface area contributed by atoms with Crippen LogP contribution in [0.25, 0.3) is 0 Å². The van der Waals surface area contributed by atoms with Gasteiger partial charge in [0.15, 0.2) is 0 Å². The molecule has 2 heterocycles. The van der Waals surface area contributed by atoms with Crippen LogP contribution >= 0.6 is 11.8 Å². The molecule has 1 aliphatic heterocycles. The minimum absolute atomic E-state index is 0.0884. The van der Waals surface area contributed by atoms with Crippen molar-refractivity contribution < 1.29 is 34.3 Å². The Labute approximate surface area is 165 Å². The monoisotopic (exact) mass is 410 g/mol. The lowest BCUT2D eigenvalue weighted by Gasteiger charge is -2.39. The third-order valence-corrected chi connectivity index (χ3v) is 5.50. The third kappa shape index (κ3) is 4.93. The van der Waals surface area contributed by atoms with E-state index in [9.17, 15) is 25.2 Å². The Morgan fingerprint density at radius 2 is 1.82 bits per heavy atom. The first-order valence-corrected chi connectivity index (χ1v) is 9.75. The Balaban J connectivity index is 1.58. The minimum Gasteiger partial charge on any atom is -0.482 e. The molecule has 1 fully saturated rings. The molecule has 152 valence electrons. The number of hydrogen-bond acceptors (Lipinski definition) is 9. The van der Waals surface area contributed by atoms with Gasteiger partial charge in [0.05, 0.1) is 12.4 Å². The molecule has 28 heavy (non-hydrogen) atoms. The fraction of sp³-hybridized carbons (Fsp3) is 0.421. The van der Waals surface area contributed by atoms with Gasteiger partial charge in [0, 0.05) is 6.07 Å². The van der Waals surface area contributed by atoms with Gasteiger partial charge in [-0.1, -0.05) is 30.3 Å². The summed E-state index contributed by atoms with van der Waals surface area (Å²) in [6.07, 6.45) is -3.94. The Hall–Kier alpha value is -1.88. The maximum absolute atomic E-state index is 12.2. The van der Waals surface area contributed by atoms with E-state index in [-0.39, 0.29) is 23.5 Å². The van der Waals surface area contributed by atoms with Gasteiger partial charge in [-0.25, -0.2) is 0 Å². The molecule has 5 atom stereocenters. The molecule has 1 aliphatic rings. The molecule has 1 aromatic heterocycles. The zero-order valence-corrected chi connectivity index (χ0v) is 15.7. The van der Waals surface area contributed by atoms with E-state index in [0.717, 1.165) is 17.3 Å². The van der Waals surface area contributed by atoms with E-state index in [4.69, 9.17) is 13.9 Å². The van der Waals surface area contributed by atoms with Crippen molar-refractivity contribution >= 4 is 11.8 Å². The van der Waals surface area contributed by atoms with Crippen LogP contribution in [-0.2, 0) is 17.1 Å². The lowest BCUT2D eigenvalue weighted by Crippen LogP contribution is -2.57. The quantitative estimate of drug-likeness (QED) is 0.507. The first kappa shape index (κ1) is 20.8. The van der Waals surface area contributed by atoms with Crippen molar-refractivity contribution in [3.05, 3.63) is 64.2 Å². The van der Waals surface area contributed by atoms with Gasteiger partial charge in [0.1, 0.15) is 48.5 Å². The molecule has 1 saturated heterocycles. The Kier molecular flexibility index (Phi) is 7.11. The lowest BCUT2D eigenvalue weighted by atomic mass is 10.0. The average molecular weight is 410 g/mol. The summed E-state index contributed by atoms with van der Waals surface area (Å²) in [5, 5.41) is 38.8. The molecule has 0 unspecified atom stereocenters. The number of benzene rings is 1. The summed E-state index contributed by atoms with van der Waals surface area (Å²) >= 11 is 1.08. The van der Waals surface area contributed by atoms with E-state index in [1.807, 2.05) is 30.3 Å². The summed E-state index contributed by atoms with van der Waals surface area (Å²) in [5.41, 5.74) is -0.314. The van der Waals surface area contributed by atoms with Crippen LogP contribution in [0.5, 0.6) is 5.75 Å². The van der Waals surface area contributed by atoms with Gasteiger partial charge in [-0.3, -0.25) is 4.79 Å². The second-order valence-corrected chi connectivity index (χ2v) is 7.44. The van der Waals surface area contributed by atoms with Crippen molar-refractivity contribution in [3.63, 3.8) is 0 Å². The number of thioether (sulfide) groups is 1. The van der Waals surface area contributed by atoms with Crippen LogP contribution < -0.4 is 10.2 Å². The summed E-state index contributed by atoms with van der Waals surface area (Å²) in [6.45, 7) is -0.255. The molecule has 0 amide bonds. The molecule has 9 heteroatoms. The van der Waals surface area contributed by atoms with Gasteiger partial charge in [-0.2, -0.15) is 0 Å². The highest BCUT2D eigenvalue weighted by atomic mass is 32.2. The van der Waals surface area contributed by atoms with Gasteiger partial charge in [-0.05, 0) is 5.56 Å². The van der Waals surface area contributed by atoms with Crippen molar-refractivity contribution in [2.24, 2.45) is 0 Å². The molecule has 0 radical (unpaired) electrons. The van der Waals surface area contributed by atoms with E-state index in [1.165, 1.54) is 12.3 Å². The van der Waals surface area contributed by atoms with E-state index in [2.05, 4.69) is 0 Å². The highest BCUT2D eigenvalue weighted by Gasteiger charge is 2.43. The van der Waals surface area contributed by atoms with Crippen LogP contribution in [0.4, 0.5) is 0 Å². The van der Waals surface area contributed by atoms with Crippen LogP contribution in [0, 0.1) is 0 Å². The molecule has 2 aromatic rings. The molecular formula is C19H22O8S. The number of ether oxygens (including phenoxy) is 2. The normalized spacial score (nSPS) is 27.5. The van der Waals surface area contributed by atoms with Crippen LogP contribution in [0.1, 0.15) is 11.3 Å². The Morgan fingerprint density at radius 3 is 2.50 bits per heavy atom. The second kappa shape index (κ2) is 9.55. The fourth-order valence-electron chi connectivity index (χ4n) is 2.72. The van der Waals surface area contributed by atoms with Gasteiger partial charge < -0.3 is 34.3 Å². The van der Waals surface area contributed by atoms with Gasteiger partial charge in [0.25, 0.3) is 0 Å². The number of aliphatic hydroxyl groups excluding tert-OH is 4. The predicted octanol–water partition coefficient (Wildman–Crippen LogP) is 0.252. The molecule has 0 spiro atoms. The topological polar surface area (TPSA) is 130 Å². The van der Waals surface area contributed by atoms with Crippen molar-refractivity contribution in [2.75, 3.05) is 6.61 Å². The molecule has 3 rings (SSSR count). The molecule has 0 bridgehead atoms. The zero-order chi connectivity index (χ0) is 20.1. The summed E-state index contributed by atoms with van der Waals surface area (Å²) in [7, 11) is 0. The molecule has 1 aromatic carbocycles. The van der Waals surface area contributed by atoms with Crippen LogP contribution in [0.3, 0.4) is 0 Å². The third-order valence-electron chi connectivity index (χ3n) is 4.33. The molecule has 0 saturated carbocycles. The van der Waals surface area contributed by atoms with E-state index in [1.54, 1.807) is 0 Å². The smallest absolute Gasteiger partial charge is 0.227 e. The summed E-state index contributed by atoms with van der Waals surface area (Å²) in [6, 6.07) is 10.7. The lowest BCUT2D eigenvalue weighted by molar-refractivity contribution is -0.205.